The van der Waals surface area contributed by atoms with Crippen LogP contribution in [0.4, 0.5) is 8.78 Å². The van der Waals surface area contributed by atoms with Crippen molar-refractivity contribution >= 4 is 28.7 Å². The van der Waals surface area contributed by atoms with Gasteiger partial charge >= 0.3 is 12.0 Å². The van der Waals surface area contributed by atoms with Crippen LogP contribution >= 0.6 is 11.6 Å². The minimum absolute atomic E-state index is 0.00279. The fraction of sp³-hybridized carbons (Fsp3) is 0.227. The van der Waals surface area contributed by atoms with Crippen LogP contribution in [0.15, 0.2) is 36.7 Å². The van der Waals surface area contributed by atoms with E-state index >= 15 is 0 Å². The van der Waals surface area contributed by atoms with Crippen molar-refractivity contribution in [2.24, 2.45) is 5.92 Å². The van der Waals surface area contributed by atoms with E-state index in [9.17, 15) is 13.6 Å². The molecule has 0 atom stereocenters. The van der Waals surface area contributed by atoms with Gasteiger partial charge < -0.3 is 14.8 Å². The van der Waals surface area contributed by atoms with Crippen LogP contribution in [0.3, 0.4) is 0 Å². The van der Waals surface area contributed by atoms with E-state index < -0.39 is 17.6 Å². The topological polar surface area (TPSA) is 114 Å². The Morgan fingerprint density at radius 2 is 1.82 bits per heavy atom. The monoisotopic (exact) mass is 471 g/mol. The van der Waals surface area contributed by atoms with Crippen LogP contribution in [0, 0.1) is 17.6 Å². The van der Waals surface area contributed by atoms with E-state index in [4.69, 9.17) is 21.4 Å². The van der Waals surface area contributed by atoms with Crippen molar-refractivity contribution in [3.8, 4) is 28.5 Å². The van der Waals surface area contributed by atoms with E-state index in [2.05, 4.69) is 24.9 Å². The Bertz CT molecular complexity index is 1330. The second-order valence-corrected chi connectivity index (χ2v) is 8.22. The van der Waals surface area contributed by atoms with Crippen molar-refractivity contribution in [2.75, 3.05) is 0 Å². The minimum Gasteiger partial charge on any atom is -0.481 e. The minimum atomic E-state index is -0.828. The van der Waals surface area contributed by atoms with Gasteiger partial charge in [0, 0.05) is 24.4 Å². The smallest absolute Gasteiger partial charge is 0.316 e. The first-order valence-corrected chi connectivity index (χ1v) is 10.5. The first-order chi connectivity index (χ1) is 15.9. The number of imidazole rings is 1. The Balaban J connectivity index is 1.33. The molecule has 0 unspecified atom stereocenters. The molecule has 4 aromatic rings. The molecule has 168 valence electrons. The molecule has 3 heterocycles. The first kappa shape index (κ1) is 21.2. The van der Waals surface area contributed by atoms with E-state index in [0.717, 1.165) is 0 Å². The van der Waals surface area contributed by atoms with Gasteiger partial charge in [-0.3, -0.25) is 4.79 Å². The molecule has 33 heavy (non-hydrogen) atoms. The number of nitrogens with zero attached hydrogens (tertiary/aromatic N) is 4. The molecule has 1 saturated carbocycles. The number of pyridine rings is 1. The lowest BCUT2D eigenvalue weighted by Gasteiger charge is -2.33. The van der Waals surface area contributed by atoms with Gasteiger partial charge in [0.2, 0.25) is 0 Å². The molecule has 0 radical (unpaired) electrons. The predicted molar refractivity (Wildman–Crippen MR) is 115 cm³/mol. The van der Waals surface area contributed by atoms with Crippen LogP contribution in [-0.4, -0.2) is 42.1 Å². The number of aliphatic carboxylic acids is 1. The number of hydrogen-bond acceptors (Lipinski definition) is 6. The number of fused-ring (bicyclic) bond motifs is 1. The summed E-state index contributed by atoms with van der Waals surface area (Å²) in [6, 6.07) is 5.65. The summed E-state index contributed by atoms with van der Waals surface area (Å²) in [5.41, 5.74) is 1.10. The largest absolute Gasteiger partial charge is 0.481 e. The van der Waals surface area contributed by atoms with Crippen molar-refractivity contribution in [3.05, 3.63) is 53.4 Å². The average Bonchev–Trinajstić information content (AvgIpc) is 3.14. The van der Waals surface area contributed by atoms with Gasteiger partial charge in [-0.25, -0.2) is 28.7 Å². The lowest BCUT2D eigenvalue weighted by molar-refractivity contribution is -0.139. The number of halogens is 3. The van der Waals surface area contributed by atoms with Crippen molar-refractivity contribution in [1.29, 1.82) is 0 Å². The standard InChI is InChI=1S/C22H16ClF2N5O3/c23-17-2-1-16-20(29-17)30-21(28-16)19-14(24)6-11(7-15(19)25)12-8-26-22(27-9-12)33-13-3-10(4-13)5-18(31)32/h1-2,6-10,13H,3-5H2,(H,31,32)(H,28,29,30). The van der Waals surface area contributed by atoms with Gasteiger partial charge in [-0.2, -0.15) is 0 Å². The van der Waals surface area contributed by atoms with E-state index in [1.165, 1.54) is 24.5 Å². The van der Waals surface area contributed by atoms with Crippen LogP contribution in [-0.2, 0) is 4.79 Å². The maximum Gasteiger partial charge on any atom is 0.316 e. The Hall–Kier alpha value is -3.66. The highest BCUT2D eigenvalue weighted by Crippen LogP contribution is 2.34. The number of rotatable bonds is 6. The highest BCUT2D eigenvalue weighted by molar-refractivity contribution is 6.29. The molecule has 3 aromatic heterocycles. The van der Waals surface area contributed by atoms with Gasteiger partial charge in [-0.05, 0) is 48.6 Å². The number of carboxylic acids is 1. The summed E-state index contributed by atoms with van der Waals surface area (Å²) in [6.45, 7) is 0. The van der Waals surface area contributed by atoms with Crippen LogP contribution in [0.2, 0.25) is 5.15 Å². The Kier molecular flexibility index (Phi) is 5.37. The molecule has 11 heteroatoms. The molecule has 5 rings (SSSR count). The number of H-pyrrole nitrogens is 1. The highest BCUT2D eigenvalue weighted by atomic mass is 35.5. The predicted octanol–water partition coefficient (Wildman–Crippen LogP) is 4.65. The lowest BCUT2D eigenvalue weighted by Crippen LogP contribution is -2.35. The molecule has 0 bridgehead atoms. The zero-order chi connectivity index (χ0) is 23.1. The number of aromatic amines is 1. The van der Waals surface area contributed by atoms with Crippen LogP contribution < -0.4 is 4.74 Å². The number of ether oxygens (including phenoxy) is 1. The van der Waals surface area contributed by atoms with Gasteiger partial charge in [-0.1, -0.05) is 11.6 Å². The number of hydrogen-bond donors (Lipinski definition) is 2. The van der Waals surface area contributed by atoms with Gasteiger partial charge in [0.25, 0.3) is 0 Å². The molecule has 1 aliphatic carbocycles. The zero-order valence-corrected chi connectivity index (χ0v) is 17.7. The number of aromatic nitrogens is 5. The molecule has 0 spiro atoms. The fourth-order valence-electron chi connectivity index (χ4n) is 3.81. The third kappa shape index (κ3) is 4.34. The maximum atomic E-state index is 14.9. The SMILES string of the molecule is O=C(O)CC1CC(Oc2ncc(-c3cc(F)c(-c4nc5nc(Cl)ccc5[nH]4)c(F)c3)cn2)C1. The van der Waals surface area contributed by atoms with Crippen molar-refractivity contribution in [1.82, 2.24) is 24.9 Å². The third-order valence-electron chi connectivity index (χ3n) is 5.48. The molecule has 8 nitrogen and oxygen atoms in total. The number of nitrogens with one attached hydrogen (secondary N) is 1. The Labute approximate surface area is 190 Å². The lowest BCUT2D eigenvalue weighted by atomic mass is 9.80. The Morgan fingerprint density at radius 3 is 2.48 bits per heavy atom. The van der Waals surface area contributed by atoms with Gasteiger partial charge in [0.05, 0.1) is 11.1 Å². The summed E-state index contributed by atoms with van der Waals surface area (Å²) in [5, 5.41) is 9.02. The van der Waals surface area contributed by atoms with Crippen LogP contribution in [0.25, 0.3) is 33.7 Å². The summed E-state index contributed by atoms with van der Waals surface area (Å²) in [7, 11) is 0. The number of benzene rings is 1. The van der Waals surface area contributed by atoms with Crippen molar-refractivity contribution < 1.29 is 23.4 Å². The highest BCUT2D eigenvalue weighted by Gasteiger charge is 2.32. The molecule has 0 amide bonds. The molecular formula is C22H16ClF2N5O3. The second kappa shape index (κ2) is 8.36. The van der Waals surface area contributed by atoms with Gasteiger partial charge in [0.15, 0.2) is 5.65 Å². The molecule has 1 fully saturated rings. The summed E-state index contributed by atoms with van der Waals surface area (Å²) >= 11 is 5.84. The first-order valence-electron chi connectivity index (χ1n) is 10.1. The fourth-order valence-corrected chi connectivity index (χ4v) is 3.96. The van der Waals surface area contributed by atoms with Gasteiger partial charge in [-0.15, -0.1) is 0 Å². The summed E-state index contributed by atoms with van der Waals surface area (Å²) < 4.78 is 35.4. The van der Waals surface area contributed by atoms with Crippen LogP contribution in [0.5, 0.6) is 6.01 Å². The van der Waals surface area contributed by atoms with E-state index in [0.29, 0.717) is 23.9 Å². The van der Waals surface area contributed by atoms with Gasteiger partial charge in [0.1, 0.15) is 28.7 Å². The van der Waals surface area contributed by atoms with Crippen molar-refractivity contribution in [3.63, 3.8) is 0 Å². The Morgan fingerprint density at radius 1 is 1.12 bits per heavy atom. The summed E-state index contributed by atoms with van der Waals surface area (Å²) in [5.74, 6) is -2.35. The number of carbonyl (C=O) groups is 1. The molecule has 0 aliphatic heterocycles. The summed E-state index contributed by atoms with van der Waals surface area (Å²) in [4.78, 5) is 29.9. The van der Waals surface area contributed by atoms with E-state index in [-0.39, 0.29) is 52.2 Å². The molecule has 1 aliphatic rings. The van der Waals surface area contributed by atoms with Crippen LogP contribution in [0.1, 0.15) is 19.3 Å². The second-order valence-electron chi connectivity index (χ2n) is 7.83. The average molecular weight is 472 g/mol. The normalized spacial score (nSPS) is 17.7. The molecule has 2 N–H and O–H groups in total. The van der Waals surface area contributed by atoms with E-state index in [1.807, 2.05) is 0 Å². The van der Waals surface area contributed by atoms with E-state index in [1.54, 1.807) is 12.1 Å². The molecule has 0 saturated heterocycles. The molecule has 1 aromatic carbocycles. The third-order valence-corrected chi connectivity index (χ3v) is 5.69. The van der Waals surface area contributed by atoms with Crippen molar-refractivity contribution in [2.45, 2.75) is 25.4 Å². The number of carboxylic acid groups (broad SMARTS) is 1. The zero-order valence-electron chi connectivity index (χ0n) is 16.9. The summed E-state index contributed by atoms with van der Waals surface area (Å²) in [6.07, 6.45) is 4.05. The maximum absolute atomic E-state index is 14.9. The quantitative estimate of drug-likeness (QED) is 0.393. The molecular weight excluding hydrogens is 456 g/mol.